The summed E-state index contributed by atoms with van der Waals surface area (Å²) in [6, 6.07) is 11.4. The Morgan fingerprint density at radius 1 is 0.938 bits per heavy atom. The first-order valence-corrected chi connectivity index (χ1v) is 11.9. The summed E-state index contributed by atoms with van der Waals surface area (Å²) in [5.41, 5.74) is 2.18. The highest BCUT2D eigenvalue weighted by atomic mass is 19.3. The number of benzene rings is 1. The Balaban J connectivity index is 1.47. The van der Waals surface area contributed by atoms with Gasteiger partial charge in [0.2, 0.25) is 0 Å². The highest BCUT2D eigenvalue weighted by Gasteiger charge is 2.43. The summed E-state index contributed by atoms with van der Waals surface area (Å²) in [4.78, 5) is 9.59. The summed E-state index contributed by atoms with van der Waals surface area (Å²) in [5.74, 6) is -1.88. The van der Waals surface area contributed by atoms with E-state index in [9.17, 15) is 8.78 Å². The lowest BCUT2D eigenvalue weighted by molar-refractivity contribution is -0.0306. The average Bonchev–Trinajstić information content (AvgIpc) is 2.80. The number of fused-ring (bicyclic) bond motifs is 1. The van der Waals surface area contributed by atoms with Crippen LogP contribution < -0.4 is 4.90 Å². The quantitative estimate of drug-likeness (QED) is 0.598. The SMILES string of the molecule is CC1(C)CCC(F)(F)c2cc(-c3cccc(N4CCN(CCCCCO)CC4)n3)ccc21. The Morgan fingerprint density at radius 2 is 1.72 bits per heavy atom. The summed E-state index contributed by atoms with van der Waals surface area (Å²) in [6.07, 6.45) is 3.45. The van der Waals surface area contributed by atoms with Crippen LogP contribution in [0.1, 0.15) is 57.1 Å². The molecular formula is C26H35F2N3O. The summed E-state index contributed by atoms with van der Waals surface area (Å²) in [6.45, 7) is 9.24. The Hall–Kier alpha value is -2.05. The van der Waals surface area contributed by atoms with E-state index < -0.39 is 5.92 Å². The lowest BCUT2D eigenvalue weighted by Crippen LogP contribution is -2.46. The van der Waals surface area contributed by atoms with E-state index >= 15 is 0 Å². The van der Waals surface area contributed by atoms with Crippen molar-refractivity contribution in [3.63, 3.8) is 0 Å². The smallest absolute Gasteiger partial charge is 0.273 e. The van der Waals surface area contributed by atoms with Crippen molar-refractivity contribution in [1.29, 1.82) is 0 Å². The first-order valence-electron chi connectivity index (χ1n) is 11.9. The van der Waals surface area contributed by atoms with Gasteiger partial charge in [-0.05, 0) is 61.4 Å². The Bertz CT molecular complexity index is 923. The van der Waals surface area contributed by atoms with Crippen LogP contribution in [-0.2, 0) is 11.3 Å². The highest BCUT2D eigenvalue weighted by Crippen LogP contribution is 2.48. The minimum Gasteiger partial charge on any atom is -0.396 e. The van der Waals surface area contributed by atoms with Crippen molar-refractivity contribution in [2.75, 3.05) is 44.2 Å². The molecule has 4 rings (SSSR count). The predicted octanol–water partition coefficient (Wildman–Crippen LogP) is 5.20. The van der Waals surface area contributed by atoms with Crippen LogP contribution in [0.25, 0.3) is 11.3 Å². The zero-order valence-corrected chi connectivity index (χ0v) is 19.3. The molecule has 1 N–H and O–H groups in total. The van der Waals surface area contributed by atoms with Gasteiger partial charge < -0.3 is 10.0 Å². The highest BCUT2D eigenvalue weighted by molar-refractivity contribution is 5.64. The van der Waals surface area contributed by atoms with E-state index in [1.54, 1.807) is 6.07 Å². The topological polar surface area (TPSA) is 39.6 Å². The molecular weight excluding hydrogens is 408 g/mol. The monoisotopic (exact) mass is 443 g/mol. The number of nitrogens with zero attached hydrogens (tertiary/aromatic N) is 3. The summed E-state index contributed by atoms with van der Waals surface area (Å²) < 4.78 is 29.5. The van der Waals surface area contributed by atoms with Crippen LogP contribution in [0.15, 0.2) is 36.4 Å². The standard InChI is InChI=1S/C26H35F2N3O/c1-25(2)11-12-26(27,28)22-19-20(9-10-21(22)25)23-7-6-8-24(29-23)31-16-14-30(15-17-31)13-4-3-5-18-32/h6-10,19,32H,3-5,11-18H2,1-2H3. The van der Waals surface area contributed by atoms with E-state index in [1.165, 1.54) is 0 Å². The molecule has 0 bridgehead atoms. The maximum atomic E-state index is 14.7. The van der Waals surface area contributed by atoms with Crippen LogP contribution in [-0.4, -0.2) is 54.3 Å². The molecule has 2 aliphatic rings. The second kappa shape index (κ2) is 9.44. The fourth-order valence-corrected chi connectivity index (χ4v) is 4.92. The molecule has 1 saturated heterocycles. The molecule has 1 aromatic heterocycles. The third-order valence-electron chi connectivity index (χ3n) is 7.07. The van der Waals surface area contributed by atoms with E-state index in [1.807, 2.05) is 44.2 Å². The maximum absolute atomic E-state index is 14.7. The van der Waals surface area contributed by atoms with Crippen molar-refractivity contribution in [3.8, 4) is 11.3 Å². The molecule has 174 valence electrons. The van der Waals surface area contributed by atoms with Crippen LogP contribution in [0.5, 0.6) is 0 Å². The van der Waals surface area contributed by atoms with Gasteiger partial charge in [-0.3, -0.25) is 4.90 Å². The van der Waals surface area contributed by atoms with Crippen molar-refractivity contribution in [2.45, 2.75) is 57.3 Å². The van der Waals surface area contributed by atoms with Crippen LogP contribution in [0.3, 0.4) is 0 Å². The van der Waals surface area contributed by atoms with Gasteiger partial charge in [0.05, 0.1) is 5.69 Å². The first kappa shape index (κ1) is 23.1. The number of hydrogen-bond acceptors (Lipinski definition) is 4. The largest absolute Gasteiger partial charge is 0.396 e. The molecule has 0 amide bonds. The van der Waals surface area contributed by atoms with Crippen LogP contribution in [0.4, 0.5) is 14.6 Å². The normalized spacial score (nSPS) is 20.2. The fraction of sp³-hybridized carbons (Fsp3) is 0.577. The van der Waals surface area contributed by atoms with Crippen molar-refractivity contribution < 1.29 is 13.9 Å². The zero-order chi connectivity index (χ0) is 22.8. The minimum atomic E-state index is -2.79. The molecule has 6 heteroatoms. The zero-order valence-electron chi connectivity index (χ0n) is 19.3. The number of aliphatic hydroxyl groups is 1. The van der Waals surface area contributed by atoms with E-state index in [-0.39, 0.29) is 24.0 Å². The van der Waals surface area contributed by atoms with Gasteiger partial charge in [-0.25, -0.2) is 13.8 Å². The molecule has 1 aliphatic heterocycles. The van der Waals surface area contributed by atoms with Gasteiger partial charge in [0, 0.05) is 50.3 Å². The molecule has 2 heterocycles. The number of hydrogen-bond donors (Lipinski definition) is 1. The van der Waals surface area contributed by atoms with Gasteiger partial charge in [0.25, 0.3) is 5.92 Å². The molecule has 1 fully saturated rings. The number of aliphatic hydroxyl groups excluding tert-OH is 1. The van der Waals surface area contributed by atoms with Gasteiger partial charge in [0.15, 0.2) is 0 Å². The van der Waals surface area contributed by atoms with E-state index in [0.717, 1.165) is 74.6 Å². The van der Waals surface area contributed by atoms with Crippen molar-refractivity contribution in [3.05, 3.63) is 47.5 Å². The predicted molar refractivity (Wildman–Crippen MR) is 125 cm³/mol. The number of piperazine rings is 1. The second-order valence-corrected chi connectivity index (χ2v) is 9.84. The van der Waals surface area contributed by atoms with Gasteiger partial charge in [-0.15, -0.1) is 0 Å². The summed E-state index contributed by atoms with van der Waals surface area (Å²) >= 11 is 0. The molecule has 0 unspecified atom stereocenters. The first-order chi connectivity index (χ1) is 15.3. The molecule has 1 aliphatic carbocycles. The van der Waals surface area contributed by atoms with E-state index in [4.69, 9.17) is 10.1 Å². The van der Waals surface area contributed by atoms with Gasteiger partial charge in [0.1, 0.15) is 5.82 Å². The van der Waals surface area contributed by atoms with Gasteiger partial charge in [-0.1, -0.05) is 32.0 Å². The second-order valence-electron chi connectivity index (χ2n) is 9.84. The molecule has 0 spiro atoms. The van der Waals surface area contributed by atoms with Crippen molar-refractivity contribution >= 4 is 5.82 Å². The fourth-order valence-electron chi connectivity index (χ4n) is 4.92. The molecule has 2 aromatic rings. The third kappa shape index (κ3) is 4.96. The number of unbranched alkanes of at least 4 members (excludes halogenated alkanes) is 2. The minimum absolute atomic E-state index is 0.103. The Labute approximate surface area is 190 Å². The molecule has 0 radical (unpaired) electrons. The van der Waals surface area contributed by atoms with Gasteiger partial charge >= 0.3 is 0 Å². The van der Waals surface area contributed by atoms with Crippen LogP contribution in [0, 0.1) is 0 Å². The molecule has 1 aromatic carbocycles. The number of pyridine rings is 1. The Kier molecular flexibility index (Phi) is 6.82. The molecule has 0 atom stereocenters. The van der Waals surface area contributed by atoms with Crippen LogP contribution >= 0.6 is 0 Å². The summed E-state index contributed by atoms with van der Waals surface area (Å²) in [7, 11) is 0. The molecule has 4 nitrogen and oxygen atoms in total. The van der Waals surface area contributed by atoms with Crippen LogP contribution in [0.2, 0.25) is 0 Å². The van der Waals surface area contributed by atoms with Gasteiger partial charge in [-0.2, -0.15) is 0 Å². The molecule has 0 saturated carbocycles. The summed E-state index contributed by atoms with van der Waals surface area (Å²) in [5, 5.41) is 8.91. The Morgan fingerprint density at radius 3 is 2.47 bits per heavy atom. The lowest BCUT2D eigenvalue weighted by atomic mass is 9.71. The maximum Gasteiger partial charge on any atom is 0.273 e. The lowest BCUT2D eigenvalue weighted by Gasteiger charge is -2.37. The molecule has 32 heavy (non-hydrogen) atoms. The van der Waals surface area contributed by atoms with E-state index in [0.29, 0.717) is 6.42 Å². The number of aromatic nitrogens is 1. The number of alkyl halides is 2. The number of anilines is 1. The van der Waals surface area contributed by atoms with Crippen molar-refractivity contribution in [1.82, 2.24) is 9.88 Å². The number of rotatable bonds is 7. The van der Waals surface area contributed by atoms with E-state index in [2.05, 4.69) is 9.80 Å². The number of halogens is 2. The van der Waals surface area contributed by atoms with Crippen molar-refractivity contribution in [2.24, 2.45) is 0 Å². The third-order valence-corrected chi connectivity index (χ3v) is 7.07. The average molecular weight is 444 g/mol.